The van der Waals surface area contributed by atoms with Gasteiger partial charge < -0.3 is 10.0 Å². The first-order valence-corrected chi connectivity index (χ1v) is 8.45. The van der Waals surface area contributed by atoms with Crippen molar-refractivity contribution >= 4 is 29.1 Å². The molecule has 0 aromatic heterocycles. The fourth-order valence-electron chi connectivity index (χ4n) is 3.23. The molecule has 2 aromatic carbocycles. The Morgan fingerprint density at radius 3 is 2.68 bits per heavy atom. The Morgan fingerprint density at radius 2 is 2.04 bits per heavy atom. The fourth-order valence-corrected chi connectivity index (χ4v) is 3.53. The third-order valence-electron chi connectivity index (χ3n) is 4.48. The Labute approximate surface area is 155 Å². The third-order valence-corrected chi connectivity index (χ3v) is 5.22. The molecule has 1 heterocycles. The Kier molecular flexibility index (Phi) is 4.87. The van der Waals surface area contributed by atoms with Gasteiger partial charge in [-0.2, -0.15) is 0 Å². The summed E-state index contributed by atoms with van der Waals surface area (Å²) in [5.41, 5.74) is 1.95. The van der Waals surface area contributed by atoms with Crippen LogP contribution in [0.5, 0.6) is 0 Å². The molecule has 1 amide bonds. The quantitative estimate of drug-likeness (QED) is 0.766. The molecule has 2 unspecified atom stereocenters. The Morgan fingerprint density at radius 1 is 1.32 bits per heavy atom. The first-order valence-electron chi connectivity index (χ1n) is 7.69. The van der Waals surface area contributed by atoms with Crippen molar-refractivity contribution in [3.8, 4) is 0 Å². The molecule has 0 spiro atoms. The number of carbonyl (C=O) groups excluding carboxylic acids is 1. The lowest BCUT2D eigenvalue weighted by atomic mass is 9.84. The molecule has 1 aliphatic heterocycles. The monoisotopic (exact) mass is 379 g/mol. The van der Waals surface area contributed by atoms with E-state index in [9.17, 15) is 14.3 Å². The molecule has 3 rings (SSSR count). The molecule has 0 radical (unpaired) electrons. The largest absolute Gasteiger partial charge is 0.369 e. The Balaban J connectivity index is 2.21. The predicted octanol–water partition coefficient (Wildman–Crippen LogP) is 4.92. The van der Waals surface area contributed by atoms with Crippen LogP contribution >= 0.6 is 23.2 Å². The Hall–Kier alpha value is -1.88. The van der Waals surface area contributed by atoms with Crippen molar-refractivity contribution in [3.05, 3.63) is 81.1 Å². The van der Waals surface area contributed by atoms with Gasteiger partial charge in [0.2, 0.25) is 0 Å². The highest BCUT2D eigenvalue weighted by Gasteiger charge is 2.37. The van der Waals surface area contributed by atoms with Gasteiger partial charge in [0.1, 0.15) is 5.82 Å². The molecule has 6 heteroatoms. The lowest BCUT2D eigenvalue weighted by Gasteiger charge is -2.22. The van der Waals surface area contributed by atoms with Gasteiger partial charge in [-0.1, -0.05) is 35.3 Å². The number of hydrogen-bond acceptors (Lipinski definition) is 2. The van der Waals surface area contributed by atoms with E-state index in [-0.39, 0.29) is 11.5 Å². The molecule has 130 valence electrons. The maximum absolute atomic E-state index is 14.2. The standard InChI is InChI=1S/C19H16Cl2FNO2/c1-3-4-12(10-5-6-15(20)16(21)7-10)13-8-11(22)9-14-17(13)19(25)23(2)18(14)24/h3,5-9,12,19,25H,1,4H2,2H3. The second-order valence-electron chi connectivity index (χ2n) is 6.00. The van der Waals surface area contributed by atoms with Gasteiger partial charge in [-0.15, -0.1) is 6.58 Å². The van der Waals surface area contributed by atoms with E-state index in [2.05, 4.69) is 6.58 Å². The number of aliphatic hydroxyl groups excluding tert-OH is 1. The van der Waals surface area contributed by atoms with Crippen LogP contribution in [-0.4, -0.2) is 23.0 Å². The SMILES string of the molecule is C=CCC(c1ccc(Cl)c(Cl)c1)c1cc(F)cc2c1C(O)N(C)C2=O. The summed E-state index contributed by atoms with van der Waals surface area (Å²) in [5, 5.41) is 11.3. The van der Waals surface area contributed by atoms with E-state index in [1.807, 2.05) is 0 Å². The van der Waals surface area contributed by atoms with Crippen LogP contribution in [0.2, 0.25) is 10.0 Å². The van der Waals surface area contributed by atoms with Crippen molar-refractivity contribution in [2.45, 2.75) is 18.6 Å². The number of allylic oxidation sites excluding steroid dienone is 1. The van der Waals surface area contributed by atoms with Crippen LogP contribution in [0.4, 0.5) is 4.39 Å². The lowest BCUT2D eigenvalue weighted by Crippen LogP contribution is -2.22. The van der Waals surface area contributed by atoms with Crippen molar-refractivity contribution < 1.29 is 14.3 Å². The summed E-state index contributed by atoms with van der Waals surface area (Å²) in [6, 6.07) is 7.69. The van der Waals surface area contributed by atoms with E-state index in [0.717, 1.165) is 11.6 Å². The third kappa shape index (κ3) is 3.06. The second-order valence-corrected chi connectivity index (χ2v) is 6.81. The molecule has 0 bridgehead atoms. The molecule has 0 saturated heterocycles. The molecule has 3 nitrogen and oxygen atoms in total. The van der Waals surface area contributed by atoms with Crippen LogP contribution in [0.25, 0.3) is 0 Å². The molecule has 0 saturated carbocycles. The number of benzene rings is 2. The number of nitrogens with zero attached hydrogens (tertiary/aromatic N) is 1. The first-order chi connectivity index (χ1) is 11.8. The molecule has 1 aliphatic rings. The smallest absolute Gasteiger partial charge is 0.256 e. The number of hydrogen-bond donors (Lipinski definition) is 1. The molecule has 0 fully saturated rings. The minimum Gasteiger partial charge on any atom is -0.369 e. The van der Waals surface area contributed by atoms with Gasteiger partial charge >= 0.3 is 0 Å². The van der Waals surface area contributed by atoms with Gasteiger partial charge in [0.15, 0.2) is 6.23 Å². The van der Waals surface area contributed by atoms with Crippen molar-refractivity contribution in [1.29, 1.82) is 0 Å². The summed E-state index contributed by atoms with van der Waals surface area (Å²) >= 11 is 12.1. The van der Waals surface area contributed by atoms with Crippen molar-refractivity contribution in [3.63, 3.8) is 0 Å². The van der Waals surface area contributed by atoms with E-state index in [4.69, 9.17) is 23.2 Å². The van der Waals surface area contributed by atoms with Crippen LogP contribution in [0.15, 0.2) is 43.0 Å². The van der Waals surface area contributed by atoms with Gasteiger partial charge in [0.25, 0.3) is 5.91 Å². The number of amides is 1. The van der Waals surface area contributed by atoms with E-state index in [1.54, 1.807) is 24.3 Å². The van der Waals surface area contributed by atoms with E-state index in [1.165, 1.54) is 18.0 Å². The minimum atomic E-state index is -1.12. The number of rotatable bonds is 4. The van der Waals surface area contributed by atoms with Gasteiger partial charge in [-0.25, -0.2) is 4.39 Å². The number of fused-ring (bicyclic) bond motifs is 1. The molecular weight excluding hydrogens is 364 g/mol. The summed E-state index contributed by atoms with van der Waals surface area (Å²) < 4.78 is 14.2. The lowest BCUT2D eigenvalue weighted by molar-refractivity contribution is 0.0298. The summed E-state index contributed by atoms with van der Waals surface area (Å²) in [4.78, 5) is 13.5. The predicted molar refractivity (Wildman–Crippen MR) is 96.6 cm³/mol. The van der Waals surface area contributed by atoms with Crippen molar-refractivity contribution in [2.75, 3.05) is 7.05 Å². The van der Waals surface area contributed by atoms with Gasteiger partial charge in [0.05, 0.1) is 15.6 Å². The van der Waals surface area contributed by atoms with Crippen LogP contribution in [0, 0.1) is 5.82 Å². The van der Waals surface area contributed by atoms with Crippen LogP contribution in [0.1, 0.15) is 45.6 Å². The summed E-state index contributed by atoms with van der Waals surface area (Å²) in [6.07, 6.45) is 1.07. The average Bonchev–Trinajstić information content (AvgIpc) is 2.79. The van der Waals surface area contributed by atoms with E-state index >= 15 is 0 Å². The zero-order valence-corrected chi connectivity index (χ0v) is 15.0. The van der Waals surface area contributed by atoms with Crippen LogP contribution < -0.4 is 0 Å². The van der Waals surface area contributed by atoms with Gasteiger partial charge in [0, 0.05) is 18.5 Å². The average molecular weight is 380 g/mol. The molecule has 2 aromatic rings. The summed E-state index contributed by atoms with van der Waals surface area (Å²) in [7, 11) is 1.48. The fraction of sp³-hybridized carbons (Fsp3) is 0.211. The second kappa shape index (κ2) is 6.79. The first kappa shape index (κ1) is 17.9. The summed E-state index contributed by atoms with van der Waals surface area (Å²) in [6.45, 7) is 3.76. The maximum atomic E-state index is 14.2. The highest BCUT2D eigenvalue weighted by molar-refractivity contribution is 6.42. The van der Waals surface area contributed by atoms with Gasteiger partial charge in [-0.05, 0) is 41.8 Å². The van der Waals surface area contributed by atoms with Crippen molar-refractivity contribution in [1.82, 2.24) is 4.90 Å². The van der Waals surface area contributed by atoms with Gasteiger partial charge in [-0.3, -0.25) is 4.79 Å². The molecule has 1 N–H and O–H groups in total. The maximum Gasteiger partial charge on any atom is 0.256 e. The highest BCUT2D eigenvalue weighted by atomic mass is 35.5. The number of aliphatic hydroxyl groups is 1. The van der Waals surface area contributed by atoms with E-state index < -0.39 is 18.0 Å². The zero-order valence-electron chi connectivity index (χ0n) is 13.5. The molecule has 0 aliphatic carbocycles. The number of halogens is 3. The highest BCUT2D eigenvalue weighted by Crippen LogP contribution is 2.41. The summed E-state index contributed by atoms with van der Waals surface area (Å²) in [5.74, 6) is -1.25. The van der Waals surface area contributed by atoms with E-state index in [0.29, 0.717) is 27.6 Å². The minimum absolute atomic E-state index is 0.180. The topological polar surface area (TPSA) is 40.5 Å². The molecular formula is C19H16Cl2FNO2. The molecule has 2 atom stereocenters. The zero-order chi connectivity index (χ0) is 18.3. The Bertz CT molecular complexity index is 869. The van der Waals surface area contributed by atoms with Crippen LogP contribution in [0.3, 0.4) is 0 Å². The van der Waals surface area contributed by atoms with Crippen molar-refractivity contribution in [2.24, 2.45) is 0 Å². The number of carbonyl (C=O) groups is 1. The molecule has 25 heavy (non-hydrogen) atoms. The van der Waals surface area contributed by atoms with Crippen LogP contribution in [-0.2, 0) is 0 Å². The normalized spacial score (nSPS) is 17.6.